The molecule has 8 atom stereocenters. The molecule has 36 heavy (non-hydrogen) atoms. The molecule has 0 saturated heterocycles. The van der Waals surface area contributed by atoms with Gasteiger partial charge in [0.25, 0.3) is 0 Å². The van der Waals surface area contributed by atoms with Crippen LogP contribution in [0.2, 0.25) is 0 Å². The minimum Gasteiger partial charge on any atom is -0.466 e. The van der Waals surface area contributed by atoms with Gasteiger partial charge in [0, 0.05) is 11.8 Å². The van der Waals surface area contributed by atoms with E-state index >= 15 is 0 Å². The second-order valence-corrected chi connectivity index (χ2v) is 14.8. The Morgan fingerprint density at radius 1 is 0.944 bits per heavy atom. The standard InChI is InChI=1S/C32H48O4/c1-9-36-26(35)28(4)18-21-20-10-11-23-30(6)14-13-24(33)27(2,3)22(30)12-15-32(23,8)31(20,7)17-16-29(21,5)25(34)19-28/h10-11,21-22,24,33H,9,12-19H2,1-8H3/t21-,22+,24+,28+,29-,30+,31-,32-/m1/s1. The van der Waals surface area contributed by atoms with Crippen LogP contribution in [0.4, 0.5) is 0 Å². The highest BCUT2D eigenvalue weighted by molar-refractivity contribution is 5.92. The minimum atomic E-state index is -0.756. The van der Waals surface area contributed by atoms with Gasteiger partial charge in [-0.15, -0.1) is 0 Å². The molecular weight excluding hydrogens is 448 g/mol. The number of ether oxygens (including phenoxy) is 1. The predicted octanol–water partition coefficient (Wildman–Crippen LogP) is 6.81. The normalized spacial score (nSPS) is 49.5. The summed E-state index contributed by atoms with van der Waals surface area (Å²) in [5.74, 6) is 0.541. The van der Waals surface area contributed by atoms with E-state index in [1.54, 1.807) is 5.57 Å². The third-order valence-corrected chi connectivity index (χ3v) is 12.8. The molecule has 200 valence electrons. The van der Waals surface area contributed by atoms with Gasteiger partial charge < -0.3 is 9.84 Å². The molecule has 0 unspecified atom stereocenters. The average molecular weight is 497 g/mol. The zero-order chi connectivity index (χ0) is 26.5. The molecule has 0 aromatic heterocycles. The zero-order valence-electron chi connectivity index (χ0n) is 23.9. The Hall–Kier alpha value is -1.42. The van der Waals surface area contributed by atoms with Crippen molar-refractivity contribution in [3.8, 4) is 0 Å². The SMILES string of the molecule is CCOC(=O)[C@]1(C)CC(=O)[C@]2(C)CC[C@]3(C)C(=CC=C4[C@@]5(C)CC[C@H](O)C(C)(C)[C@@H]5CC[C@]43C)[C@H]2C1. The van der Waals surface area contributed by atoms with E-state index in [4.69, 9.17) is 4.74 Å². The van der Waals surface area contributed by atoms with Gasteiger partial charge in [-0.1, -0.05) is 64.8 Å². The lowest BCUT2D eigenvalue weighted by molar-refractivity contribution is -0.167. The number of rotatable bonds is 2. The van der Waals surface area contributed by atoms with Crippen LogP contribution in [0.15, 0.2) is 23.3 Å². The Kier molecular flexibility index (Phi) is 5.68. The number of esters is 1. The first-order valence-electron chi connectivity index (χ1n) is 14.4. The molecule has 0 aliphatic heterocycles. The van der Waals surface area contributed by atoms with Gasteiger partial charge in [0.1, 0.15) is 5.78 Å². The minimum absolute atomic E-state index is 0.0167. The smallest absolute Gasteiger partial charge is 0.312 e. The number of ketones is 1. The molecule has 0 aromatic rings. The maximum atomic E-state index is 13.7. The van der Waals surface area contributed by atoms with Gasteiger partial charge in [-0.3, -0.25) is 9.59 Å². The van der Waals surface area contributed by atoms with Crippen LogP contribution in [0.3, 0.4) is 0 Å². The monoisotopic (exact) mass is 496 g/mol. The van der Waals surface area contributed by atoms with Crippen LogP contribution < -0.4 is 0 Å². The number of aliphatic hydroxyl groups excluding tert-OH is 1. The number of carbonyl (C=O) groups is 2. The highest BCUT2D eigenvalue weighted by Crippen LogP contribution is 2.74. The fourth-order valence-electron chi connectivity index (χ4n) is 10.0. The number of allylic oxidation sites excluding steroid dienone is 4. The van der Waals surface area contributed by atoms with Gasteiger partial charge in [0.2, 0.25) is 0 Å². The second-order valence-electron chi connectivity index (χ2n) is 14.8. The first-order valence-corrected chi connectivity index (χ1v) is 14.4. The van der Waals surface area contributed by atoms with Crippen LogP contribution in [-0.4, -0.2) is 29.6 Å². The molecule has 5 aliphatic rings. The Morgan fingerprint density at radius 2 is 1.64 bits per heavy atom. The van der Waals surface area contributed by atoms with Gasteiger partial charge in [-0.25, -0.2) is 0 Å². The third kappa shape index (κ3) is 3.09. The van der Waals surface area contributed by atoms with E-state index in [2.05, 4.69) is 53.7 Å². The second kappa shape index (κ2) is 7.80. The first-order chi connectivity index (χ1) is 16.6. The van der Waals surface area contributed by atoms with Crippen LogP contribution in [0, 0.1) is 44.3 Å². The molecule has 1 N–H and O–H groups in total. The summed E-state index contributed by atoms with van der Waals surface area (Å²) in [6, 6.07) is 0. The maximum absolute atomic E-state index is 13.7. The Morgan fingerprint density at radius 3 is 2.31 bits per heavy atom. The summed E-state index contributed by atoms with van der Waals surface area (Å²) >= 11 is 0. The van der Waals surface area contributed by atoms with Crippen LogP contribution in [0.5, 0.6) is 0 Å². The number of fused-ring (bicyclic) bond motifs is 7. The quantitative estimate of drug-likeness (QED) is 0.427. The molecule has 4 fully saturated rings. The molecule has 4 heteroatoms. The topological polar surface area (TPSA) is 63.6 Å². The van der Waals surface area contributed by atoms with Crippen molar-refractivity contribution in [3.63, 3.8) is 0 Å². The van der Waals surface area contributed by atoms with Crippen molar-refractivity contribution in [2.45, 2.75) is 113 Å². The van der Waals surface area contributed by atoms with Gasteiger partial charge in [-0.05, 0) is 92.3 Å². The summed E-state index contributed by atoms with van der Waals surface area (Å²) in [6.07, 6.45) is 11.5. The zero-order valence-corrected chi connectivity index (χ0v) is 23.9. The van der Waals surface area contributed by atoms with Crippen molar-refractivity contribution in [3.05, 3.63) is 23.3 Å². The molecule has 5 aliphatic carbocycles. The summed E-state index contributed by atoms with van der Waals surface area (Å²) in [5, 5.41) is 10.9. The summed E-state index contributed by atoms with van der Waals surface area (Å²) < 4.78 is 5.47. The number of carbonyl (C=O) groups excluding carboxylic acids is 2. The first kappa shape index (κ1) is 26.2. The lowest BCUT2D eigenvalue weighted by atomic mass is 9.36. The van der Waals surface area contributed by atoms with E-state index in [9.17, 15) is 14.7 Å². The number of Topliss-reactive ketones (excluding diaryl/α,β-unsaturated/α-hetero) is 1. The third-order valence-electron chi connectivity index (χ3n) is 12.8. The van der Waals surface area contributed by atoms with Gasteiger partial charge in [-0.2, -0.15) is 0 Å². The fourth-order valence-corrected chi connectivity index (χ4v) is 10.0. The molecule has 0 amide bonds. The van der Waals surface area contributed by atoms with Crippen LogP contribution in [-0.2, 0) is 14.3 Å². The lowest BCUT2D eigenvalue weighted by Crippen LogP contribution is -2.62. The van der Waals surface area contributed by atoms with Crippen molar-refractivity contribution in [2.24, 2.45) is 44.3 Å². The van der Waals surface area contributed by atoms with Gasteiger partial charge in [0.05, 0.1) is 18.1 Å². The van der Waals surface area contributed by atoms with Crippen molar-refractivity contribution in [1.29, 1.82) is 0 Å². The largest absolute Gasteiger partial charge is 0.466 e. The van der Waals surface area contributed by atoms with Crippen molar-refractivity contribution < 1.29 is 19.4 Å². The molecule has 4 nitrogen and oxygen atoms in total. The fraction of sp³-hybridized carbons (Fsp3) is 0.812. The molecule has 4 saturated carbocycles. The van der Waals surface area contributed by atoms with Crippen molar-refractivity contribution >= 4 is 11.8 Å². The van der Waals surface area contributed by atoms with Gasteiger partial charge >= 0.3 is 5.97 Å². The number of hydrogen-bond acceptors (Lipinski definition) is 4. The Labute approximate surface area is 218 Å². The Bertz CT molecular complexity index is 1050. The van der Waals surface area contributed by atoms with E-state index in [-0.39, 0.29) is 45.4 Å². The summed E-state index contributed by atoms with van der Waals surface area (Å²) in [7, 11) is 0. The molecule has 0 radical (unpaired) electrons. The predicted molar refractivity (Wildman–Crippen MR) is 142 cm³/mol. The summed E-state index contributed by atoms with van der Waals surface area (Å²) in [5.41, 5.74) is 1.75. The van der Waals surface area contributed by atoms with E-state index in [0.29, 0.717) is 25.4 Å². The Balaban J connectivity index is 1.61. The lowest BCUT2D eigenvalue weighted by Gasteiger charge is -2.68. The van der Waals surface area contributed by atoms with E-state index in [0.717, 1.165) is 38.5 Å². The number of hydrogen-bond donors (Lipinski definition) is 1. The van der Waals surface area contributed by atoms with Gasteiger partial charge in [0.15, 0.2) is 0 Å². The van der Waals surface area contributed by atoms with E-state index in [1.165, 1.54) is 5.57 Å². The average Bonchev–Trinajstić information content (AvgIpc) is 2.79. The van der Waals surface area contributed by atoms with Crippen LogP contribution >= 0.6 is 0 Å². The van der Waals surface area contributed by atoms with Crippen LogP contribution in [0.25, 0.3) is 0 Å². The van der Waals surface area contributed by atoms with Crippen LogP contribution in [0.1, 0.15) is 107 Å². The van der Waals surface area contributed by atoms with E-state index < -0.39 is 10.8 Å². The maximum Gasteiger partial charge on any atom is 0.312 e. The van der Waals surface area contributed by atoms with Crippen molar-refractivity contribution in [2.75, 3.05) is 6.61 Å². The summed E-state index contributed by atoms with van der Waals surface area (Å²) in [6.45, 7) is 18.2. The molecule has 0 spiro atoms. The highest BCUT2D eigenvalue weighted by atomic mass is 16.5. The van der Waals surface area contributed by atoms with E-state index in [1.807, 2.05) is 13.8 Å². The van der Waals surface area contributed by atoms with Crippen molar-refractivity contribution in [1.82, 2.24) is 0 Å². The molecular formula is C32H48O4. The molecule has 5 rings (SSSR count). The molecule has 0 aromatic carbocycles. The highest BCUT2D eigenvalue weighted by Gasteiger charge is 2.67. The number of aliphatic hydroxyl groups is 1. The summed E-state index contributed by atoms with van der Waals surface area (Å²) in [4.78, 5) is 26.7. The molecule has 0 heterocycles. The molecule has 0 bridgehead atoms.